The summed E-state index contributed by atoms with van der Waals surface area (Å²) >= 11 is 7.71. The zero-order valence-electron chi connectivity index (χ0n) is 23.7. The van der Waals surface area contributed by atoms with Crippen molar-refractivity contribution in [1.29, 1.82) is 0 Å². The van der Waals surface area contributed by atoms with Gasteiger partial charge in [0.05, 0.1) is 0 Å². The van der Waals surface area contributed by atoms with Crippen molar-refractivity contribution in [3.63, 3.8) is 0 Å². The van der Waals surface area contributed by atoms with E-state index >= 15 is 0 Å². The molecule has 0 N–H and O–H groups in total. The molecule has 2 aliphatic rings. The highest BCUT2D eigenvalue weighted by Crippen LogP contribution is 2.38. The van der Waals surface area contributed by atoms with Crippen molar-refractivity contribution in [2.24, 2.45) is 0 Å². The van der Waals surface area contributed by atoms with E-state index in [9.17, 15) is 0 Å². The van der Waals surface area contributed by atoms with Crippen LogP contribution in [0.2, 0.25) is 0 Å². The third-order valence-corrected chi connectivity index (χ3v) is 8.36. The molecule has 0 aromatic carbocycles. The summed E-state index contributed by atoms with van der Waals surface area (Å²) in [7, 11) is 1.73. The smallest absolute Gasteiger partial charge is 0.198 e. The van der Waals surface area contributed by atoms with Crippen LogP contribution in [0.4, 0.5) is 0 Å². The molecular weight excluding hydrogens is 514 g/mol. The molecule has 0 bridgehead atoms. The first-order valence-electron chi connectivity index (χ1n) is 13.7. The number of hydrogen-bond donors (Lipinski definition) is 0. The highest BCUT2D eigenvalue weighted by atomic mass is 35.5. The molecule has 2 heterocycles. The molecule has 0 saturated carbocycles. The number of halogens is 1. The minimum Gasteiger partial charge on any atom is -0.434 e. The molecule has 3 rings (SSSR count). The first-order valence-corrected chi connectivity index (χ1v) is 15.0. The number of thioether (sulfide) groups is 1. The van der Waals surface area contributed by atoms with Gasteiger partial charge in [-0.3, -0.25) is 4.90 Å². The van der Waals surface area contributed by atoms with Gasteiger partial charge in [0.1, 0.15) is 5.69 Å². The molecule has 1 fully saturated rings. The summed E-state index contributed by atoms with van der Waals surface area (Å²) in [6.45, 7) is 17.7. The molecule has 2 unspecified atom stereocenters. The summed E-state index contributed by atoms with van der Waals surface area (Å²) in [5.41, 5.74) is 3.28. The number of methoxy groups -OCH3 is 1. The average molecular weight is 558 g/mol. The highest BCUT2D eigenvalue weighted by Gasteiger charge is 2.23. The highest BCUT2D eigenvalue weighted by molar-refractivity contribution is 8.03. The minimum atomic E-state index is 0.0886. The lowest BCUT2D eigenvalue weighted by Gasteiger charge is -2.38. The first-order chi connectivity index (χ1) is 18.4. The van der Waals surface area contributed by atoms with Crippen molar-refractivity contribution in [2.75, 3.05) is 45.8 Å². The van der Waals surface area contributed by atoms with E-state index in [0.29, 0.717) is 18.5 Å². The maximum Gasteiger partial charge on any atom is 0.198 e. The topological polar surface area (TPSA) is 41.7 Å². The van der Waals surface area contributed by atoms with Gasteiger partial charge in [-0.2, -0.15) is 0 Å². The summed E-state index contributed by atoms with van der Waals surface area (Å²) in [4.78, 5) is 11.2. The van der Waals surface area contributed by atoms with Crippen LogP contribution in [0.1, 0.15) is 64.0 Å². The lowest BCUT2D eigenvalue weighted by molar-refractivity contribution is 0.132. The number of hydrogen-bond acceptors (Lipinski definition) is 6. The molecule has 0 amide bonds. The van der Waals surface area contributed by atoms with Crippen LogP contribution in [-0.2, 0) is 4.74 Å². The van der Waals surface area contributed by atoms with Gasteiger partial charge in [0.25, 0.3) is 0 Å². The number of nitrogens with zero attached hydrogens (tertiary/aromatic N) is 3. The molecule has 0 radical (unpaired) electrons. The molecule has 1 aliphatic heterocycles. The lowest BCUT2D eigenvalue weighted by Crippen LogP contribution is -2.48. The van der Waals surface area contributed by atoms with E-state index < -0.39 is 0 Å². The van der Waals surface area contributed by atoms with Gasteiger partial charge in [0.15, 0.2) is 11.0 Å². The number of rotatable bonds is 13. The summed E-state index contributed by atoms with van der Waals surface area (Å²) in [6.07, 6.45) is 18.6. The Morgan fingerprint density at radius 1 is 1.21 bits per heavy atom. The predicted molar refractivity (Wildman–Crippen MR) is 162 cm³/mol. The second-order valence-corrected chi connectivity index (χ2v) is 11.6. The molecule has 7 heteroatoms. The average Bonchev–Trinajstić information content (AvgIpc) is 3.21. The fraction of sp³-hybridized carbons (Fsp3) is 0.516. The van der Waals surface area contributed by atoms with E-state index in [1.807, 2.05) is 6.08 Å². The number of ether oxygens (including phenoxy) is 1. The molecule has 1 saturated heterocycles. The Morgan fingerprint density at radius 3 is 2.63 bits per heavy atom. The van der Waals surface area contributed by atoms with Gasteiger partial charge in [0.2, 0.25) is 0 Å². The van der Waals surface area contributed by atoms with Gasteiger partial charge < -0.3 is 14.1 Å². The predicted octanol–water partition coefficient (Wildman–Crippen LogP) is 7.67. The van der Waals surface area contributed by atoms with Crippen LogP contribution in [0.25, 0.3) is 0 Å². The Hall–Kier alpha value is -1.99. The molecule has 0 spiro atoms. The summed E-state index contributed by atoms with van der Waals surface area (Å²) in [5, 5.41) is 0.864. The molecule has 208 valence electrons. The molecular formula is C31H44ClN3O2S. The molecule has 1 aromatic heterocycles. The third-order valence-electron chi connectivity index (χ3n) is 7.01. The number of oxazole rings is 1. The van der Waals surface area contributed by atoms with Crippen LogP contribution in [0.15, 0.2) is 80.9 Å². The first kappa shape index (κ1) is 30.6. The Morgan fingerprint density at radius 2 is 1.97 bits per heavy atom. The second-order valence-electron chi connectivity index (χ2n) is 10.2. The zero-order valence-corrected chi connectivity index (χ0v) is 25.2. The fourth-order valence-corrected chi connectivity index (χ4v) is 5.67. The molecule has 38 heavy (non-hydrogen) atoms. The Kier molecular flexibility index (Phi) is 12.5. The third kappa shape index (κ3) is 8.77. The minimum absolute atomic E-state index is 0.0886. The van der Waals surface area contributed by atoms with Crippen molar-refractivity contribution in [3.05, 3.63) is 82.9 Å². The fourth-order valence-electron chi connectivity index (χ4n) is 4.48. The van der Waals surface area contributed by atoms with E-state index in [2.05, 4.69) is 86.6 Å². The van der Waals surface area contributed by atoms with Crippen LogP contribution in [0, 0.1) is 0 Å². The van der Waals surface area contributed by atoms with E-state index in [0.717, 1.165) is 61.3 Å². The van der Waals surface area contributed by atoms with Crippen LogP contribution in [0.5, 0.6) is 0 Å². The van der Waals surface area contributed by atoms with Gasteiger partial charge >= 0.3 is 0 Å². The maximum absolute atomic E-state index is 6.40. The van der Waals surface area contributed by atoms with E-state index in [4.69, 9.17) is 25.7 Å². The van der Waals surface area contributed by atoms with Crippen molar-refractivity contribution >= 4 is 23.4 Å². The summed E-state index contributed by atoms with van der Waals surface area (Å²) in [6, 6.07) is 0.583. The summed E-state index contributed by atoms with van der Waals surface area (Å²) < 4.78 is 11.7. The van der Waals surface area contributed by atoms with Crippen LogP contribution >= 0.6 is 23.4 Å². The van der Waals surface area contributed by atoms with E-state index in [1.165, 1.54) is 10.6 Å². The van der Waals surface area contributed by atoms with E-state index in [1.54, 1.807) is 18.9 Å². The Labute approximate surface area is 239 Å². The standard InChI is InChI=1S/C31H44ClN3O2S/c1-7-9-27(35-19-17-34(18-20-35)23(2)3)14-12-24(4)29-31(37-30(33-29)25(5)16-21-36-6)38-28-11-8-10-26(22-32)13-15-28/h7-10,12-15,23-25H,1,11,16-22H2,2-6H3/b14-12-,27-9+. The molecule has 5 nitrogen and oxygen atoms in total. The van der Waals surface area contributed by atoms with Crippen molar-refractivity contribution in [2.45, 2.75) is 63.5 Å². The van der Waals surface area contributed by atoms with Gasteiger partial charge in [-0.1, -0.05) is 68.6 Å². The van der Waals surface area contributed by atoms with E-state index in [-0.39, 0.29) is 11.8 Å². The van der Waals surface area contributed by atoms with Crippen molar-refractivity contribution < 1.29 is 9.15 Å². The zero-order chi connectivity index (χ0) is 27.5. The van der Waals surface area contributed by atoms with Crippen LogP contribution in [0.3, 0.4) is 0 Å². The SMILES string of the molecule is C=C/C=C(\C=C/C(C)c1nc(C(C)CCOC)oc1SC1=CC=C(CCl)C=CC1)N1CCN(C(C)C)CC1. The van der Waals surface area contributed by atoms with Gasteiger partial charge in [-0.05, 0) is 49.3 Å². The molecule has 2 atom stereocenters. The lowest BCUT2D eigenvalue weighted by atomic mass is 10.1. The maximum atomic E-state index is 6.40. The number of piperazine rings is 1. The van der Waals surface area contributed by atoms with Crippen molar-refractivity contribution in [1.82, 2.24) is 14.8 Å². The molecule has 1 aromatic rings. The van der Waals surface area contributed by atoms with Crippen LogP contribution < -0.4 is 0 Å². The largest absolute Gasteiger partial charge is 0.434 e. The number of alkyl halides is 1. The van der Waals surface area contributed by atoms with Gasteiger partial charge in [0, 0.05) is 69.4 Å². The van der Waals surface area contributed by atoms with Gasteiger partial charge in [-0.25, -0.2) is 4.98 Å². The summed E-state index contributed by atoms with van der Waals surface area (Å²) in [5.74, 6) is 1.55. The Balaban J connectivity index is 1.82. The molecule has 1 aliphatic carbocycles. The van der Waals surface area contributed by atoms with Crippen LogP contribution in [-0.4, -0.2) is 66.6 Å². The monoisotopic (exact) mass is 557 g/mol. The normalized spacial score (nSPS) is 19.0. The second kappa shape index (κ2) is 15.6. The quantitative estimate of drug-likeness (QED) is 0.183. The number of aromatic nitrogens is 1. The Bertz CT molecular complexity index is 1060. The van der Waals surface area contributed by atoms with Crippen molar-refractivity contribution in [3.8, 4) is 0 Å². The van der Waals surface area contributed by atoms with Gasteiger partial charge in [-0.15, -0.1) is 11.6 Å². The number of allylic oxidation sites excluding steroid dienone is 10.